The van der Waals surface area contributed by atoms with Crippen LogP contribution in [-0.2, 0) is 0 Å². The number of fused-ring (bicyclic) bond motifs is 2. The van der Waals surface area contributed by atoms with Gasteiger partial charge in [0.2, 0.25) is 0 Å². The summed E-state index contributed by atoms with van der Waals surface area (Å²) in [5, 5.41) is 0. The Morgan fingerprint density at radius 3 is 2.24 bits per heavy atom. The number of ether oxygens (including phenoxy) is 2. The number of hydrogen-bond donors (Lipinski definition) is 0. The minimum atomic E-state index is -0.213. The van der Waals surface area contributed by atoms with Gasteiger partial charge in [-0.2, -0.15) is 0 Å². The lowest BCUT2D eigenvalue weighted by molar-refractivity contribution is 0.0976. The van der Waals surface area contributed by atoms with E-state index < -0.39 is 0 Å². The Balaban J connectivity index is 2.30. The fourth-order valence-electron chi connectivity index (χ4n) is 2.64. The summed E-state index contributed by atoms with van der Waals surface area (Å²) in [5.74, 6) is 0.598. The van der Waals surface area contributed by atoms with Crippen LogP contribution in [0.15, 0.2) is 30.3 Å². The quantitative estimate of drug-likeness (QED) is 0.725. The maximum atomic E-state index is 12.7. The van der Waals surface area contributed by atoms with E-state index in [-0.39, 0.29) is 11.6 Å². The molecule has 0 amide bonds. The molecular formula is C17H14O4. The van der Waals surface area contributed by atoms with Crippen LogP contribution in [0.2, 0.25) is 0 Å². The van der Waals surface area contributed by atoms with Crippen LogP contribution in [0, 0.1) is 6.92 Å². The van der Waals surface area contributed by atoms with Crippen LogP contribution in [-0.4, -0.2) is 25.8 Å². The standard InChI is InChI=1S/C17H14O4/c1-9-6-13-15(14(7-9)21-3)17(19)12-8-10(20-2)4-5-11(12)16(13)18/h4-8H,1-3H3. The van der Waals surface area contributed by atoms with Crippen molar-refractivity contribution in [1.29, 1.82) is 0 Å². The van der Waals surface area contributed by atoms with Crippen molar-refractivity contribution in [3.05, 3.63) is 58.1 Å². The Labute approximate surface area is 122 Å². The Morgan fingerprint density at radius 2 is 1.57 bits per heavy atom. The molecule has 0 unspecified atom stereocenters. The summed E-state index contributed by atoms with van der Waals surface area (Å²) in [6.07, 6.45) is 0. The molecule has 21 heavy (non-hydrogen) atoms. The number of aryl methyl sites for hydroxylation is 1. The fraction of sp³-hybridized carbons (Fsp3) is 0.176. The number of hydrogen-bond acceptors (Lipinski definition) is 4. The average molecular weight is 282 g/mol. The second kappa shape index (κ2) is 4.74. The van der Waals surface area contributed by atoms with Crippen LogP contribution in [0.1, 0.15) is 37.4 Å². The van der Waals surface area contributed by atoms with Crippen LogP contribution >= 0.6 is 0 Å². The fourth-order valence-corrected chi connectivity index (χ4v) is 2.64. The third-order valence-corrected chi connectivity index (χ3v) is 3.65. The Hall–Kier alpha value is -2.62. The van der Waals surface area contributed by atoms with Gasteiger partial charge in [0.05, 0.1) is 19.8 Å². The number of carbonyl (C=O) groups excluding carboxylic acids is 2. The molecule has 0 N–H and O–H groups in total. The highest BCUT2D eigenvalue weighted by molar-refractivity contribution is 6.29. The second-order valence-electron chi connectivity index (χ2n) is 4.96. The van der Waals surface area contributed by atoms with E-state index in [0.29, 0.717) is 33.8 Å². The zero-order valence-corrected chi connectivity index (χ0v) is 12.0. The summed E-state index contributed by atoms with van der Waals surface area (Å²) in [5.41, 5.74) is 2.36. The van der Waals surface area contributed by atoms with Gasteiger partial charge in [-0.25, -0.2) is 0 Å². The number of benzene rings is 2. The van der Waals surface area contributed by atoms with Gasteiger partial charge >= 0.3 is 0 Å². The largest absolute Gasteiger partial charge is 0.497 e. The molecule has 0 aromatic heterocycles. The molecule has 2 aromatic carbocycles. The van der Waals surface area contributed by atoms with E-state index in [1.807, 2.05) is 6.92 Å². The minimum Gasteiger partial charge on any atom is -0.497 e. The maximum absolute atomic E-state index is 12.7. The molecule has 3 rings (SSSR count). The lowest BCUT2D eigenvalue weighted by Gasteiger charge is -2.20. The number of ketones is 2. The summed E-state index contributed by atoms with van der Waals surface area (Å²) in [6, 6.07) is 8.40. The van der Waals surface area contributed by atoms with Crippen molar-refractivity contribution in [2.75, 3.05) is 14.2 Å². The van der Waals surface area contributed by atoms with Gasteiger partial charge in [0.25, 0.3) is 0 Å². The molecule has 0 saturated carbocycles. The minimum absolute atomic E-state index is 0.163. The Bertz CT molecular complexity index is 775. The molecule has 0 spiro atoms. The molecular weight excluding hydrogens is 268 g/mol. The second-order valence-corrected chi connectivity index (χ2v) is 4.96. The molecule has 4 nitrogen and oxygen atoms in total. The first kappa shape index (κ1) is 13.4. The molecule has 0 aliphatic heterocycles. The molecule has 2 aromatic rings. The first-order valence-corrected chi connectivity index (χ1v) is 6.53. The normalized spacial score (nSPS) is 12.7. The van der Waals surface area contributed by atoms with Crippen LogP contribution < -0.4 is 9.47 Å². The molecule has 0 fully saturated rings. The van der Waals surface area contributed by atoms with Gasteiger partial charge in [0.1, 0.15) is 11.5 Å². The van der Waals surface area contributed by atoms with Crippen molar-refractivity contribution in [1.82, 2.24) is 0 Å². The Kier molecular flexibility index (Phi) is 3.01. The molecule has 0 saturated heterocycles. The van der Waals surface area contributed by atoms with E-state index in [0.717, 1.165) is 5.56 Å². The van der Waals surface area contributed by atoms with Crippen molar-refractivity contribution in [2.24, 2.45) is 0 Å². The summed E-state index contributed by atoms with van der Waals surface area (Å²) in [7, 11) is 3.02. The molecule has 0 radical (unpaired) electrons. The van der Waals surface area contributed by atoms with Crippen molar-refractivity contribution >= 4 is 11.6 Å². The van der Waals surface area contributed by atoms with Gasteiger partial charge in [0, 0.05) is 16.7 Å². The van der Waals surface area contributed by atoms with Gasteiger partial charge in [-0.3, -0.25) is 9.59 Å². The third-order valence-electron chi connectivity index (χ3n) is 3.65. The van der Waals surface area contributed by atoms with E-state index in [9.17, 15) is 9.59 Å². The van der Waals surface area contributed by atoms with E-state index in [1.54, 1.807) is 30.3 Å². The summed E-state index contributed by atoms with van der Waals surface area (Å²) >= 11 is 0. The predicted molar refractivity (Wildman–Crippen MR) is 77.6 cm³/mol. The van der Waals surface area contributed by atoms with Gasteiger partial charge in [-0.1, -0.05) is 0 Å². The number of methoxy groups -OCH3 is 2. The molecule has 1 aliphatic carbocycles. The van der Waals surface area contributed by atoms with E-state index in [1.165, 1.54) is 14.2 Å². The average Bonchev–Trinajstić information content (AvgIpc) is 2.51. The smallest absolute Gasteiger partial charge is 0.198 e. The SMILES string of the molecule is COc1ccc2c(c1)C(=O)c1c(OC)cc(C)cc1C2=O. The number of carbonyl (C=O) groups is 2. The summed E-state index contributed by atoms with van der Waals surface area (Å²) in [4.78, 5) is 25.3. The lowest BCUT2D eigenvalue weighted by Crippen LogP contribution is -2.22. The van der Waals surface area contributed by atoms with Gasteiger partial charge in [0.15, 0.2) is 11.6 Å². The van der Waals surface area contributed by atoms with Crippen LogP contribution in [0.4, 0.5) is 0 Å². The van der Waals surface area contributed by atoms with Gasteiger partial charge < -0.3 is 9.47 Å². The molecule has 106 valence electrons. The Morgan fingerprint density at radius 1 is 0.810 bits per heavy atom. The lowest BCUT2D eigenvalue weighted by atomic mass is 9.82. The van der Waals surface area contributed by atoms with Gasteiger partial charge in [-0.05, 0) is 42.8 Å². The first-order chi connectivity index (χ1) is 10.1. The van der Waals surface area contributed by atoms with Crippen molar-refractivity contribution < 1.29 is 19.1 Å². The molecule has 0 heterocycles. The van der Waals surface area contributed by atoms with Gasteiger partial charge in [-0.15, -0.1) is 0 Å². The predicted octanol–water partition coefficient (Wildman–Crippen LogP) is 2.79. The zero-order valence-electron chi connectivity index (χ0n) is 12.0. The van der Waals surface area contributed by atoms with Crippen molar-refractivity contribution in [3.63, 3.8) is 0 Å². The number of rotatable bonds is 2. The molecule has 1 aliphatic rings. The van der Waals surface area contributed by atoms with Crippen LogP contribution in [0.25, 0.3) is 0 Å². The topological polar surface area (TPSA) is 52.6 Å². The zero-order chi connectivity index (χ0) is 15.1. The molecule has 4 heteroatoms. The highest BCUT2D eigenvalue weighted by Gasteiger charge is 2.32. The van der Waals surface area contributed by atoms with Crippen molar-refractivity contribution in [3.8, 4) is 11.5 Å². The van der Waals surface area contributed by atoms with Crippen molar-refractivity contribution in [2.45, 2.75) is 6.92 Å². The van der Waals surface area contributed by atoms with E-state index in [4.69, 9.17) is 9.47 Å². The summed E-state index contributed by atoms with van der Waals surface area (Å²) < 4.78 is 10.4. The molecule has 0 atom stereocenters. The van der Waals surface area contributed by atoms with E-state index >= 15 is 0 Å². The van der Waals surface area contributed by atoms with E-state index in [2.05, 4.69) is 0 Å². The monoisotopic (exact) mass is 282 g/mol. The highest BCUT2D eigenvalue weighted by Crippen LogP contribution is 2.35. The first-order valence-electron chi connectivity index (χ1n) is 6.53. The summed E-state index contributed by atoms with van der Waals surface area (Å²) in [6.45, 7) is 1.87. The molecule has 0 bridgehead atoms. The van der Waals surface area contributed by atoms with Crippen LogP contribution in [0.3, 0.4) is 0 Å². The highest BCUT2D eigenvalue weighted by atomic mass is 16.5. The maximum Gasteiger partial charge on any atom is 0.198 e. The third kappa shape index (κ3) is 1.91. The van der Waals surface area contributed by atoms with Crippen LogP contribution in [0.5, 0.6) is 11.5 Å².